The van der Waals surface area contributed by atoms with E-state index in [1.54, 1.807) is 26.0 Å². The molecule has 1 heterocycles. The fourth-order valence-electron chi connectivity index (χ4n) is 2.94. The van der Waals surface area contributed by atoms with Gasteiger partial charge in [-0.3, -0.25) is 15.3 Å². The number of anilines is 1. The first kappa shape index (κ1) is 23.9. The molecule has 2 amide bonds. The molecule has 3 rings (SSSR count). The van der Waals surface area contributed by atoms with Crippen molar-refractivity contribution in [3.05, 3.63) is 62.6 Å². The molecule has 10 nitrogen and oxygen atoms in total. The number of benzene rings is 2. The fraction of sp³-hybridized carbons (Fsp3) is 0.211. The average Bonchev–Trinajstić information content (AvgIpc) is 2.95. The second-order valence-electron chi connectivity index (χ2n) is 7.22. The molecule has 1 fully saturated rings. The first-order valence-electron chi connectivity index (χ1n) is 9.08. The summed E-state index contributed by atoms with van der Waals surface area (Å²) >= 11 is 9.96. The Labute approximate surface area is 201 Å². The van der Waals surface area contributed by atoms with Crippen molar-refractivity contribution in [3.63, 3.8) is 0 Å². The Balaban J connectivity index is 1.82. The molecule has 0 bridgehead atoms. The van der Waals surface area contributed by atoms with Gasteiger partial charge < -0.3 is 10.4 Å². The molecule has 32 heavy (non-hydrogen) atoms. The third kappa shape index (κ3) is 5.18. The van der Waals surface area contributed by atoms with Crippen molar-refractivity contribution in [2.75, 3.05) is 5.32 Å². The molecule has 1 atom stereocenters. The summed E-state index contributed by atoms with van der Waals surface area (Å²) in [5.74, 6) is 0.00213. The molecule has 0 aromatic heterocycles. The van der Waals surface area contributed by atoms with E-state index in [1.165, 1.54) is 53.3 Å². The van der Waals surface area contributed by atoms with E-state index in [4.69, 9.17) is 12.2 Å². The molecule has 1 aliphatic rings. The molecule has 3 N–H and O–H groups in total. The number of aromatic hydroxyl groups is 1. The van der Waals surface area contributed by atoms with Crippen LogP contribution in [0.25, 0.3) is 0 Å². The lowest BCUT2D eigenvalue weighted by atomic mass is 10.1. The lowest BCUT2D eigenvalue weighted by molar-refractivity contribution is -0.384. The molecule has 0 saturated carbocycles. The Hall–Kier alpha value is -2.74. The van der Waals surface area contributed by atoms with E-state index in [2.05, 4.69) is 26.3 Å². The van der Waals surface area contributed by atoms with Gasteiger partial charge in [0.05, 0.1) is 15.9 Å². The molecule has 2 aromatic rings. The van der Waals surface area contributed by atoms with Crippen LogP contribution < -0.4 is 5.32 Å². The number of hydrazone groups is 1. The van der Waals surface area contributed by atoms with Crippen molar-refractivity contribution in [1.82, 2.24) is 10.1 Å². The van der Waals surface area contributed by atoms with E-state index in [0.29, 0.717) is 14.9 Å². The van der Waals surface area contributed by atoms with Gasteiger partial charge in [-0.15, -0.1) is 0 Å². The monoisotopic (exact) mass is 539 g/mol. The second-order valence-corrected chi connectivity index (χ2v) is 10.4. The number of amides is 2. The first-order valence-corrected chi connectivity index (χ1v) is 11.1. The summed E-state index contributed by atoms with van der Waals surface area (Å²) in [5.41, 5.74) is 0.550. The predicted octanol–water partition coefficient (Wildman–Crippen LogP) is 4.76. The maximum Gasteiger partial charge on any atom is 0.347 e. The lowest BCUT2D eigenvalue weighted by Crippen LogP contribution is -2.54. The maximum atomic E-state index is 12.7. The van der Waals surface area contributed by atoms with Crippen molar-refractivity contribution >= 4 is 67.9 Å². The van der Waals surface area contributed by atoms with E-state index < -0.39 is 21.9 Å². The van der Waals surface area contributed by atoms with Gasteiger partial charge >= 0.3 is 6.03 Å². The number of nitrogens with one attached hydrogen (secondary N) is 1. The number of halogens is 1. The van der Waals surface area contributed by atoms with Gasteiger partial charge in [0.25, 0.3) is 5.69 Å². The van der Waals surface area contributed by atoms with Crippen molar-refractivity contribution in [1.29, 1.82) is 0 Å². The topological polar surface area (TPSA) is 132 Å². The number of rotatable bonds is 5. The SMILES string of the molecule is CC1(C)SC(=S)N(/N=C/c2cc(Br)ccc2O)C1N(O)C(=O)Nc1ccc([N+](=O)[O-])cc1. The van der Waals surface area contributed by atoms with Crippen LogP contribution in [0.1, 0.15) is 19.4 Å². The number of urea groups is 1. The highest BCUT2D eigenvalue weighted by molar-refractivity contribution is 9.10. The van der Waals surface area contributed by atoms with Gasteiger partial charge in [0, 0.05) is 27.9 Å². The van der Waals surface area contributed by atoms with Crippen molar-refractivity contribution in [2.24, 2.45) is 5.10 Å². The number of nitrogens with zero attached hydrogens (tertiary/aromatic N) is 4. The standard InChI is InChI=1S/C19H18BrN5O5S2/c1-19(2)16(24(28)17(27)22-13-4-6-14(7-5-13)25(29)30)23(18(31)32-19)21-10-11-9-12(20)3-8-15(11)26/h3-10,16,26,28H,1-2H3,(H,22,27)/b21-10+. The van der Waals surface area contributed by atoms with Gasteiger partial charge in [-0.2, -0.15) is 10.2 Å². The Morgan fingerprint density at radius 3 is 2.66 bits per heavy atom. The van der Waals surface area contributed by atoms with E-state index in [9.17, 15) is 25.2 Å². The summed E-state index contributed by atoms with van der Waals surface area (Å²) < 4.78 is 0.334. The normalized spacial score (nSPS) is 17.6. The quantitative estimate of drug-likeness (QED) is 0.163. The molecule has 1 saturated heterocycles. The van der Waals surface area contributed by atoms with Crippen LogP contribution in [0.4, 0.5) is 16.2 Å². The molecule has 0 radical (unpaired) electrons. The van der Waals surface area contributed by atoms with Crippen molar-refractivity contribution in [3.8, 4) is 5.75 Å². The zero-order valence-electron chi connectivity index (χ0n) is 16.8. The van der Waals surface area contributed by atoms with E-state index in [-0.39, 0.29) is 17.1 Å². The van der Waals surface area contributed by atoms with Crippen LogP contribution in [-0.2, 0) is 0 Å². The molecule has 0 spiro atoms. The van der Waals surface area contributed by atoms with Crippen LogP contribution in [0.3, 0.4) is 0 Å². The van der Waals surface area contributed by atoms with Crippen molar-refractivity contribution in [2.45, 2.75) is 24.8 Å². The third-order valence-corrected chi connectivity index (χ3v) is 6.50. The number of nitro benzene ring substituents is 1. The highest BCUT2D eigenvalue weighted by Crippen LogP contribution is 2.42. The minimum absolute atomic E-state index is 0.00213. The summed E-state index contributed by atoms with van der Waals surface area (Å²) in [7, 11) is 0. The number of carbonyl (C=O) groups excluding carboxylic acids is 1. The summed E-state index contributed by atoms with van der Waals surface area (Å²) in [5, 5.41) is 40.1. The summed E-state index contributed by atoms with van der Waals surface area (Å²) in [6, 6.07) is 9.15. The Morgan fingerprint density at radius 1 is 1.38 bits per heavy atom. The lowest BCUT2D eigenvalue weighted by Gasteiger charge is -2.34. The number of carbonyl (C=O) groups is 1. The van der Waals surface area contributed by atoms with Crippen LogP contribution in [0, 0.1) is 10.1 Å². The van der Waals surface area contributed by atoms with Crippen LogP contribution in [-0.4, -0.2) is 52.8 Å². The zero-order chi connectivity index (χ0) is 23.6. The van der Waals surface area contributed by atoms with Crippen LogP contribution >= 0.6 is 39.9 Å². The van der Waals surface area contributed by atoms with Gasteiger partial charge in [0.2, 0.25) is 0 Å². The minimum atomic E-state index is -0.969. The number of thioether (sulfide) groups is 1. The van der Waals surface area contributed by atoms with Crippen LogP contribution in [0.2, 0.25) is 0 Å². The molecular formula is C19H18BrN5O5S2. The average molecular weight is 540 g/mol. The minimum Gasteiger partial charge on any atom is -0.507 e. The number of phenols is 1. The number of hydrogen-bond acceptors (Lipinski definition) is 8. The summed E-state index contributed by atoms with van der Waals surface area (Å²) in [4.78, 5) is 22.9. The van der Waals surface area contributed by atoms with Gasteiger partial charge in [-0.05, 0) is 44.2 Å². The largest absolute Gasteiger partial charge is 0.507 e. The van der Waals surface area contributed by atoms with E-state index in [1.807, 2.05) is 0 Å². The van der Waals surface area contributed by atoms with Gasteiger partial charge in [-0.1, -0.05) is 39.9 Å². The fourth-order valence-corrected chi connectivity index (χ4v) is 5.10. The smallest absolute Gasteiger partial charge is 0.347 e. The number of hydrogen-bond donors (Lipinski definition) is 3. The number of phenolic OH excluding ortho intramolecular Hbond substituents is 1. The summed E-state index contributed by atoms with van der Waals surface area (Å²) in [6.07, 6.45) is 0.410. The highest BCUT2D eigenvalue weighted by Gasteiger charge is 2.50. The number of hydroxylamine groups is 2. The molecule has 0 aliphatic carbocycles. The van der Waals surface area contributed by atoms with Gasteiger partial charge in [-0.25, -0.2) is 9.80 Å². The van der Waals surface area contributed by atoms with Crippen molar-refractivity contribution < 1.29 is 20.0 Å². The zero-order valence-corrected chi connectivity index (χ0v) is 20.0. The molecule has 1 unspecified atom stereocenters. The molecule has 2 aromatic carbocycles. The Bertz CT molecular complexity index is 1100. The summed E-state index contributed by atoms with van der Waals surface area (Å²) in [6.45, 7) is 3.59. The van der Waals surface area contributed by atoms with Gasteiger partial charge in [0.15, 0.2) is 10.5 Å². The number of non-ortho nitro benzene ring substituents is 1. The number of nitro groups is 1. The molecule has 168 valence electrons. The van der Waals surface area contributed by atoms with Crippen LogP contribution in [0.5, 0.6) is 5.75 Å². The highest BCUT2D eigenvalue weighted by atomic mass is 79.9. The number of thiocarbonyl (C=S) groups is 1. The van der Waals surface area contributed by atoms with E-state index >= 15 is 0 Å². The third-order valence-electron chi connectivity index (χ3n) is 4.47. The maximum absolute atomic E-state index is 12.7. The Morgan fingerprint density at radius 2 is 2.03 bits per heavy atom. The first-order chi connectivity index (χ1) is 15.0. The van der Waals surface area contributed by atoms with Crippen LogP contribution in [0.15, 0.2) is 52.0 Å². The molecule has 13 heteroatoms. The molecular weight excluding hydrogens is 522 g/mol. The van der Waals surface area contributed by atoms with E-state index in [0.717, 1.165) is 4.47 Å². The second kappa shape index (κ2) is 9.40. The predicted molar refractivity (Wildman–Crippen MR) is 129 cm³/mol. The molecule has 1 aliphatic heterocycles. The van der Waals surface area contributed by atoms with Gasteiger partial charge in [0.1, 0.15) is 5.75 Å². The Kier molecular flexibility index (Phi) is 7.03.